The zero-order valence-electron chi connectivity index (χ0n) is 17.0. The topological polar surface area (TPSA) is 106 Å². The normalized spacial score (nSPS) is 11.6. The molecule has 0 saturated heterocycles. The Morgan fingerprint density at radius 1 is 0.794 bits per heavy atom. The van der Waals surface area contributed by atoms with Gasteiger partial charge in [0.15, 0.2) is 17.5 Å². The van der Waals surface area contributed by atoms with Crippen molar-refractivity contribution in [2.45, 2.75) is 7.59 Å². The molecular weight excluding hydrogens is 571 g/mol. The summed E-state index contributed by atoms with van der Waals surface area (Å²) in [6.45, 7) is 0. The number of nitrogens with zero attached hydrogens (tertiary/aromatic N) is 3. The number of nitrogens with one attached hydrogen (secondary N) is 2. The third-order valence-electron chi connectivity index (χ3n) is 4.07. The van der Waals surface area contributed by atoms with Crippen LogP contribution in [0.4, 0.5) is 10.5 Å². The minimum absolute atomic E-state index is 0.0993. The summed E-state index contributed by atoms with van der Waals surface area (Å²) < 4.78 is 1.03. The highest BCUT2D eigenvalue weighted by atomic mass is 35.6. The summed E-state index contributed by atoms with van der Waals surface area (Å²) in [5, 5.41) is 5.07. The van der Waals surface area contributed by atoms with E-state index >= 15 is 0 Å². The predicted octanol–water partition coefficient (Wildman–Crippen LogP) is 6.16. The van der Waals surface area contributed by atoms with E-state index in [2.05, 4.69) is 25.6 Å². The smallest absolute Gasteiger partial charge is 0.410 e. The third kappa shape index (κ3) is 6.97. The second kappa shape index (κ2) is 10.7. The highest BCUT2D eigenvalue weighted by Gasteiger charge is 2.34. The molecule has 3 aromatic rings. The number of anilines is 1. The Morgan fingerprint density at radius 2 is 1.32 bits per heavy atom. The molecule has 0 radical (unpaired) electrons. The molecule has 0 aliphatic rings. The first kappa shape index (κ1) is 26.5. The van der Waals surface area contributed by atoms with Crippen LogP contribution in [0.2, 0.25) is 0 Å². The van der Waals surface area contributed by atoms with Crippen LogP contribution in [0.15, 0.2) is 48.5 Å². The van der Waals surface area contributed by atoms with Gasteiger partial charge >= 0.3 is 6.09 Å². The largest absolute Gasteiger partial charge is 0.412 e. The third-order valence-corrected chi connectivity index (χ3v) is 5.09. The second-order valence-corrected chi connectivity index (χ2v) is 11.1. The van der Waals surface area contributed by atoms with E-state index in [0.29, 0.717) is 22.6 Å². The summed E-state index contributed by atoms with van der Waals surface area (Å²) in [5.41, 5.74) is 1.32. The Kier molecular flexibility index (Phi) is 8.34. The fourth-order valence-corrected chi connectivity index (χ4v) is 3.00. The highest BCUT2D eigenvalue weighted by Crippen LogP contribution is 2.40. The van der Waals surface area contributed by atoms with Crippen LogP contribution in [0.25, 0.3) is 11.4 Å². The van der Waals surface area contributed by atoms with Crippen molar-refractivity contribution in [1.29, 1.82) is 0 Å². The first-order valence-electron chi connectivity index (χ1n) is 9.18. The molecule has 8 nitrogen and oxygen atoms in total. The minimum Gasteiger partial charge on any atom is -0.410 e. The summed E-state index contributed by atoms with van der Waals surface area (Å²) in [5.74, 6) is -0.422. The van der Waals surface area contributed by atoms with Crippen LogP contribution in [0, 0.1) is 0 Å². The van der Waals surface area contributed by atoms with Crippen molar-refractivity contribution in [3.63, 3.8) is 0 Å². The molecule has 1 aromatic heterocycles. The molecular formula is C20H13Cl6N5O3. The SMILES string of the molecule is CNC(=O)Oc1ccc(C(=O)Nc2ccc(-c3nc(C(Cl)(Cl)Cl)nc(C(Cl)(Cl)Cl)n3)cc2)cc1. The van der Waals surface area contributed by atoms with Gasteiger partial charge in [-0.15, -0.1) is 0 Å². The lowest BCUT2D eigenvalue weighted by Crippen LogP contribution is -2.22. The van der Waals surface area contributed by atoms with E-state index in [-0.39, 0.29) is 23.4 Å². The summed E-state index contributed by atoms with van der Waals surface area (Å²) in [6.07, 6.45) is -0.614. The van der Waals surface area contributed by atoms with Crippen LogP contribution >= 0.6 is 69.6 Å². The van der Waals surface area contributed by atoms with Crippen LogP contribution in [-0.4, -0.2) is 34.0 Å². The van der Waals surface area contributed by atoms with E-state index < -0.39 is 13.7 Å². The van der Waals surface area contributed by atoms with Crippen molar-refractivity contribution >= 4 is 87.3 Å². The molecule has 0 bridgehead atoms. The van der Waals surface area contributed by atoms with Gasteiger partial charge in [-0.2, -0.15) is 0 Å². The molecule has 0 aliphatic carbocycles. The van der Waals surface area contributed by atoms with Crippen LogP contribution in [-0.2, 0) is 7.59 Å². The van der Waals surface area contributed by atoms with Gasteiger partial charge in [0.25, 0.3) is 5.91 Å². The Bertz CT molecular complexity index is 1160. The fourth-order valence-electron chi connectivity index (χ4n) is 2.50. The van der Waals surface area contributed by atoms with Crippen molar-refractivity contribution in [3.05, 3.63) is 65.7 Å². The number of hydrogen-bond donors (Lipinski definition) is 2. The van der Waals surface area contributed by atoms with Crippen LogP contribution < -0.4 is 15.4 Å². The quantitative estimate of drug-likeness (QED) is 0.356. The number of hydrogen-bond acceptors (Lipinski definition) is 6. The van der Waals surface area contributed by atoms with Gasteiger partial charge < -0.3 is 15.4 Å². The molecule has 3 rings (SSSR count). The second-order valence-electron chi connectivity index (χ2n) is 6.50. The lowest BCUT2D eigenvalue weighted by atomic mass is 10.1. The summed E-state index contributed by atoms with van der Waals surface area (Å²) >= 11 is 35.4. The maximum atomic E-state index is 12.5. The Labute approximate surface area is 223 Å². The standard InChI is InChI=1S/C20H13Cl6N5O3/c1-27-18(33)34-13-8-4-11(5-9-13)15(32)28-12-6-2-10(3-7-12)14-29-16(19(21,22)23)31-17(30-14)20(24,25)26/h2-9H,1H3,(H,27,33)(H,28,32). The monoisotopic (exact) mass is 581 g/mol. The Hall–Kier alpha value is -2.07. The molecule has 2 aromatic carbocycles. The molecule has 0 fully saturated rings. The first-order chi connectivity index (χ1) is 15.9. The van der Waals surface area contributed by atoms with Gasteiger partial charge in [-0.3, -0.25) is 4.79 Å². The fraction of sp³-hybridized carbons (Fsp3) is 0.150. The first-order valence-corrected chi connectivity index (χ1v) is 11.5. The van der Waals surface area contributed by atoms with Crippen LogP contribution in [0.5, 0.6) is 5.75 Å². The molecule has 2 N–H and O–H groups in total. The van der Waals surface area contributed by atoms with E-state index in [1.807, 2.05) is 0 Å². The molecule has 14 heteroatoms. The minimum atomic E-state index is -1.97. The van der Waals surface area contributed by atoms with Crippen molar-refractivity contribution in [2.24, 2.45) is 0 Å². The molecule has 1 heterocycles. The van der Waals surface area contributed by atoms with Gasteiger partial charge in [0.2, 0.25) is 7.59 Å². The summed E-state index contributed by atoms with van der Waals surface area (Å²) in [4.78, 5) is 36.0. The molecule has 178 valence electrons. The average molecular weight is 584 g/mol. The lowest BCUT2D eigenvalue weighted by Gasteiger charge is -2.15. The van der Waals surface area contributed by atoms with E-state index in [9.17, 15) is 9.59 Å². The number of ether oxygens (including phenoxy) is 1. The maximum Gasteiger partial charge on any atom is 0.412 e. The Balaban J connectivity index is 1.79. The molecule has 34 heavy (non-hydrogen) atoms. The molecule has 0 spiro atoms. The van der Waals surface area contributed by atoms with Gasteiger partial charge in [0, 0.05) is 23.9 Å². The maximum absolute atomic E-state index is 12.5. The molecule has 0 saturated carbocycles. The zero-order valence-corrected chi connectivity index (χ0v) is 21.5. The Morgan fingerprint density at radius 3 is 1.79 bits per heavy atom. The van der Waals surface area contributed by atoms with Crippen molar-refractivity contribution in [3.8, 4) is 17.1 Å². The number of halogens is 6. The number of alkyl halides is 6. The van der Waals surface area contributed by atoms with Crippen molar-refractivity contribution < 1.29 is 14.3 Å². The van der Waals surface area contributed by atoms with E-state index in [1.54, 1.807) is 24.3 Å². The number of aromatic nitrogens is 3. The average Bonchev–Trinajstić information content (AvgIpc) is 2.78. The van der Waals surface area contributed by atoms with Gasteiger partial charge in [-0.05, 0) is 48.5 Å². The number of carbonyl (C=O) groups is 2. The number of carbonyl (C=O) groups excluding carboxylic acids is 2. The molecule has 0 unspecified atom stereocenters. The number of rotatable bonds is 4. The zero-order chi connectivity index (χ0) is 25.1. The van der Waals surface area contributed by atoms with E-state index in [1.165, 1.54) is 31.3 Å². The number of amides is 2. The molecule has 0 atom stereocenters. The van der Waals surface area contributed by atoms with Crippen molar-refractivity contribution in [2.75, 3.05) is 12.4 Å². The van der Waals surface area contributed by atoms with Crippen LogP contribution in [0.1, 0.15) is 22.0 Å². The van der Waals surface area contributed by atoms with E-state index in [0.717, 1.165) is 0 Å². The molecule has 2 amide bonds. The van der Waals surface area contributed by atoms with Gasteiger partial charge in [0.05, 0.1) is 0 Å². The summed E-state index contributed by atoms with van der Waals surface area (Å²) in [7, 11) is 1.44. The molecule has 0 aliphatic heterocycles. The van der Waals surface area contributed by atoms with Crippen molar-refractivity contribution in [1.82, 2.24) is 20.3 Å². The highest BCUT2D eigenvalue weighted by molar-refractivity contribution is 6.67. The van der Waals surface area contributed by atoms with E-state index in [4.69, 9.17) is 74.3 Å². The number of benzene rings is 2. The summed E-state index contributed by atoms with van der Waals surface area (Å²) in [6, 6.07) is 12.5. The van der Waals surface area contributed by atoms with Gasteiger partial charge in [-0.1, -0.05) is 69.6 Å². The lowest BCUT2D eigenvalue weighted by molar-refractivity contribution is 0.102. The predicted molar refractivity (Wildman–Crippen MR) is 133 cm³/mol. The van der Waals surface area contributed by atoms with Gasteiger partial charge in [0.1, 0.15) is 5.75 Å². The van der Waals surface area contributed by atoms with Crippen LogP contribution in [0.3, 0.4) is 0 Å². The van der Waals surface area contributed by atoms with Gasteiger partial charge in [-0.25, -0.2) is 19.7 Å².